The summed E-state index contributed by atoms with van der Waals surface area (Å²) in [4.78, 5) is 0. The van der Waals surface area contributed by atoms with Crippen LogP contribution in [0.15, 0.2) is 30.6 Å². The monoisotopic (exact) mass is 254 g/mol. The molecule has 0 aliphatic rings. The molecule has 2 aromatic rings. The standard InChI is InChI=1S/C12H12ClFN2O/c1-2-16-7-11(6-15-16)17-8-9-5-10(14)3-4-12(9)13/h3-7H,2,8H2,1H3. The van der Waals surface area contributed by atoms with Gasteiger partial charge in [-0.1, -0.05) is 11.6 Å². The van der Waals surface area contributed by atoms with Crippen molar-refractivity contribution in [3.63, 3.8) is 0 Å². The molecule has 17 heavy (non-hydrogen) atoms. The number of hydrogen-bond donors (Lipinski definition) is 0. The maximum Gasteiger partial charge on any atom is 0.157 e. The van der Waals surface area contributed by atoms with Crippen LogP contribution in [0.3, 0.4) is 0 Å². The van der Waals surface area contributed by atoms with Gasteiger partial charge in [-0.3, -0.25) is 4.68 Å². The van der Waals surface area contributed by atoms with Gasteiger partial charge in [0, 0.05) is 17.1 Å². The first-order valence-electron chi connectivity index (χ1n) is 5.28. The zero-order valence-corrected chi connectivity index (χ0v) is 10.1. The van der Waals surface area contributed by atoms with Crippen molar-refractivity contribution in [1.82, 2.24) is 9.78 Å². The SMILES string of the molecule is CCn1cc(OCc2cc(F)ccc2Cl)cn1. The molecule has 0 amide bonds. The number of benzene rings is 1. The largest absolute Gasteiger partial charge is 0.486 e. The highest BCUT2D eigenvalue weighted by Crippen LogP contribution is 2.19. The van der Waals surface area contributed by atoms with E-state index in [1.165, 1.54) is 18.2 Å². The van der Waals surface area contributed by atoms with Gasteiger partial charge < -0.3 is 4.74 Å². The van der Waals surface area contributed by atoms with Crippen LogP contribution in [0.1, 0.15) is 12.5 Å². The second kappa shape index (κ2) is 5.19. The van der Waals surface area contributed by atoms with Gasteiger partial charge in [0.1, 0.15) is 12.4 Å². The molecule has 0 N–H and O–H groups in total. The molecule has 90 valence electrons. The molecule has 2 rings (SSSR count). The first-order chi connectivity index (χ1) is 8.19. The van der Waals surface area contributed by atoms with Crippen molar-refractivity contribution in [3.8, 4) is 5.75 Å². The summed E-state index contributed by atoms with van der Waals surface area (Å²) < 4.78 is 20.2. The predicted molar refractivity (Wildman–Crippen MR) is 63.6 cm³/mol. The Bertz CT molecular complexity index is 513. The van der Waals surface area contributed by atoms with Crippen LogP contribution in [0, 0.1) is 5.82 Å². The van der Waals surface area contributed by atoms with Crippen LogP contribution in [0.5, 0.6) is 5.75 Å². The summed E-state index contributed by atoms with van der Waals surface area (Å²) in [5.74, 6) is 0.324. The van der Waals surface area contributed by atoms with Crippen molar-refractivity contribution in [2.75, 3.05) is 0 Å². The van der Waals surface area contributed by atoms with Gasteiger partial charge in [0.2, 0.25) is 0 Å². The van der Waals surface area contributed by atoms with E-state index in [2.05, 4.69) is 5.10 Å². The molecule has 0 bridgehead atoms. The summed E-state index contributed by atoms with van der Waals surface area (Å²) in [6.45, 7) is 3.00. The topological polar surface area (TPSA) is 27.1 Å². The molecule has 0 saturated carbocycles. The second-order valence-corrected chi connectivity index (χ2v) is 3.96. The van der Waals surface area contributed by atoms with E-state index in [0.717, 1.165) is 6.54 Å². The summed E-state index contributed by atoms with van der Waals surface area (Å²) >= 11 is 5.93. The van der Waals surface area contributed by atoms with Crippen LogP contribution in [-0.2, 0) is 13.2 Å². The number of halogens is 2. The molecule has 3 nitrogen and oxygen atoms in total. The number of aryl methyl sites for hydroxylation is 1. The molecular weight excluding hydrogens is 243 g/mol. The van der Waals surface area contributed by atoms with Crippen molar-refractivity contribution in [2.24, 2.45) is 0 Å². The second-order valence-electron chi connectivity index (χ2n) is 3.56. The van der Waals surface area contributed by atoms with E-state index in [-0.39, 0.29) is 12.4 Å². The van der Waals surface area contributed by atoms with E-state index in [9.17, 15) is 4.39 Å². The van der Waals surface area contributed by atoms with Crippen LogP contribution in [-0.4, -0.2) is 9.78 Å². The Morgan fingerprint density at radius 1 is 1.47 bits per heavy atom. The van der Waals surface area contributed by atoms with Crippen molar-refractivity contribution in [1.29, 1.82) is 0 Å². The first-order valence-corrected chi connectivity index (χ1v) is 5.66. The van der Waals surface area contributed by atoms with Crippen LogP contribution < -0.4 is 4.74 Å². The fourth-order valence-electron chi connectivity index (χ4n) is 1.41. The molecule has 0 fully saturated rings. The summed E-state index contributed by atoms with van der Waals surface area (Å²) in [5.41, 5.74) is 0.621. The number of hydrogen-bond acceptors (Lipinski definition) is 2. The molecule has 1 aromatic carbocycles. The van der Waals surface area contributed by atoms with E-state index in [0.29, 0.717) is 16.3 Å². The predicted octanol–water partition coefficient (Wildman–Crippen LogP) is 3.27. The van der Waals surface area contributed by atoms with Gasteiger partial charge in [-0.2, -0.15) is 5.10 Å². The van der Waals surface area contributed by atoms with E-state index < -0.39 is 0 Å². The Hall–Kier alpha value is -1.55. The van der Waals surface area contributed by atoms with Crippen LogP contribution in [0.4, 0.5) is 4.39 Å². The summed E-state index contributed by atoms with van der Waals surface area (Å²) in [6, 6.07) is 4.21. The average Bonchev–Trinajstić information content (AvgIpc) is 2.78. The smallest absolute Gasteiger partial charge is 0.157 e. The number of nitrogens with zero attached hydrogens (tertiary/aromatic N) is 2. The normalized spacial score (nSPS) is 10.5. The Morgan fingerprint density at radius 3 is 3.00 bits per heavy atom. The molecule has 0 unspecified atom stereocenters. The third-order valence-corrected chi connectivity index (χ3v) is 2.70. The van der Waals surface area contributed by atoms with Crippen molar-refractivity contribution < 1.29 is 9.13 Å². The minimum Gasteiger partial charge on any atom is -0.486 e. The van der Waals surface area contributed by atoms with Crippen LogP contribution in [0.2, 0.25) is 5.02 Å². The molecule has 0 saturated heterocycles. The Labute approximate surface area is 104 Å². The van der Waals surface area contributed by atoms with Gasteiger partial charge >= 0.3 is 0 Å². The van der Waals surface area contributed by atoms with E-state index >= 15 is 0 Å². The van der Waals surface area contributed by atoms with Gasteiger partial charge in [-0.15, -0.1) is 0 Å². The lowest BCUT2D eigenvalue weighted by Gasteiger charge is -2.05. The van der Waals surface area contributed by atoms with Crippen LogP contribution in [0.25, 0.3) is 0 Å². The van der Waals surface area contributed by atoms with Gasteiger partial charge in [-0.25, -0.2) is 4.39 Å². The minimum atomic E-state index is -0.322. The fraction of sp³-hybridized carbons (Fsp3) is 0.250. The molecule has 0 spiro atoms. The van der Waals surface area contributed by atoms with Gasteiger partial charge in [-0.05, 0) is 25.1 Å². The zero-order valence-electron chi connectivity index (χ0n) is 9.36. The third-order valence-electron chi connectivity index (χ3n) is 2.34. The fourth-order valence-corrected chi connectivity index (χ4v) is 1.58. The number of aromatic nitrogens is 2. The summed E-state index contributed by atoms with van der Waals surface area (Å²) in [7, 11) is 0. The molecule has 0 atom stereocenters. The molecule has 0 aliphatic heterocycles. The highest BCUT2D eigenvalue weighted by molar-refractivity contribution is 6.31. The maximum absolute atomic E-state index is 13.0. The van der Waals surface area contributed by atoms with Gasteiger partial charge in [0.05, 0.1) is 12.4 Å². The van der Waals surface area contributed by atoms with Gasteiger partial charge in [0.15, 0.2) is 5.75 Å². The quantitative estimate of drug-likeness (QED) is 0.837. The Balaban J connectivity index is 2.04. The number of rotatable bonds is 4. The maximum atomic E-state index is 13.0. The number of ether oxygens (including phenoxy) is 1. The van der Waals surface area contributed by atoms with Gasteiger partial charge in [0.25, 0.3) is 0 Å². The van der Waals surface area contributed by atoms with E-state index in [1.54, 1.807) is 17.1 Å². The summed E-state index contributed by atoms with van der Waals surface area (Å²) in [5, 5.41) is 4.57. The Kier molecular flexibility index (Phi) is 3.64. The lowest BCUT2D eigenvalue weighted by atomic mass is 10.2. The molecule has 1 heterocycles. The molecular formula is C12H12ClFN2O. The average molecular weight is 255 g/mol. The highest BCUT2D eigenvalue weighted by Gasteiger charge is 2.04. The zero-order chi connectivity index (χ0) is 12.3. The van der Waals surface area contributed by atoms with Crippen molar-refractivity contribution >= 4 is 11.6 Å². The molecule has 0 aliphatic carbocycles. The van der Waals surface area contributed by atoms with Crippen LogP contribution >= 0.6 is 11.6 Å². The lowest BCUT2D eigenvalue weighted by Crippen LogP contribution is -1.96. The third kappa shape index (κ3) is 2.97. The minimum absolute atomic E-state index is 0.228. The van der Waals surface area contributed by atoms with Crippen molar-refractivity contribution in [3.05, 3.63) is 47.0 Å². The van der Waals surface area contributed by atoms with Crippen molar-refractivity contribution in [2.45, 2.75) is 20.1 Å². The lowest BCUT2D eigenvalue weighted by molar-refractivity contribution is 0.305. The first kappa shape index (κ1) is 11.9. The molecule has 1 aromatic heterocycles. The molecule has 5 heteroatoms. The Morgan fingerprint density at radius 2 is 2.29 bits per heavy atom. The van der Waals surface area contributed by atoms with E-state index in [4.69, 9.17) is 16.3 Å². The van der Waals surface area contributed by atoms with E-state index in [1.807, 2.05) is 6.92 Å². The summed E-state index contributed by atoms with van der Waals surface area (Å²) in [6.07, 6.45) is 3.41. The molecule has 0 radical (unpaired) electrons. The highest BCUT2D eigenvalue weighted by atomic mass is 35.5.